The van der Waals surface area contributed by atoms with E-state index in [9.17, 15) is 4.79 Å². The first-order valence-corrected chi connectivity index (χ1v) is 8.70. The molecule has 1 heterocycles. The number of aromatic carboxylic acids is 1. The van der Waals surface area contributed by atoms with E-state index in [2.05, 4.69) is 6.92 Å². The third kappa shape index (κ3) is 8.75. The standard InChI is InChI=1S/C18H30O4/c1-2-3-4-5-6-7-8-9-10-11-12-15-21-17-14-13-16(22-17)18(19)20/h13-14H,2-12,15H2,1H3,(H,19,20). The van der Waals surface area contributed by atoms with Crippen molar-refractivity contribution in [3.8, 4) is 5.95 Å². The van der Waals surface area contributed by atoms with E-state index in [-0.39, 0.29) is 5.76 Å². The van der Waals surface area contributed by atoms with E-state index in [1.165, 1.54) is 63.9 Å². The maximum Gasteiger partial charge on any atom is 0.371 e. The Hall–Kier alpha value is -1.45. The van der Waals surface area contributed by atoms with E-state index >= 15 is 0 Å². The van der Waals surface area contributed by atoms with E-state index in [1.54, 1.807) is 6.07 Å². The fourth-order valence-corrected chi connectivity index (χ4v) is 2.45. The highest BCUT2D eigenvalue weighted by Crippen LogP contribution is 2.16. The summed E-state index contributed by atoms with van der Waals surface area (Å²) >= 11 is 0. The molecule has 0 aromatic carbocycles. The van der Waals surface area contributed by atoms with Crippen LogP contribution in [-0.2, 0) is 0 Å². The number of hydrogen-bond acceptors (Lipinski definition) is 3. The number of furan rings is 1. The van der Waals surface area contributed by atoms with Gasteiger partial charge in [0.2, 0.25) is 5.76 Å². The largest absolute Gasteiger partial charge is 0.475 e. The van der Waals surface area contributed by atoms with Crippen LogP contribution >= 0.6 is 0 Å². The number of carboxylic acid groups (broad SMARTS) is 1. The Labute approximate surface area is 133 Å². The molecule has 1 aromatic heterocycles. The lowest BCUT2D eigenvalue weighted by molar-refractivity contribution is 0.0653. The number of carbonyl (C=O) groups is 1. The summed E-state index contributed by atoms with van der Waals surface area (Å²) < 4.78 is 10.4. The Balaban J connectivity index is 1.86. The van der Waals surface area contributed by atoms with Gasteiger partial charge in [-0.25, -0.2) is 4.79 Å². The molecule has 0 radical (unpaired) electrons. The van der Waals surface area contributed by atoms with Crippen molar-refractivity contribution in [2.75, 3.05) is 6.61 Å². The minimum Gasteiger partial charge on any atom is -0.475 e. The van der Waals surface area contributed by atoms with Crippen molar-refractivity contribution >= 4 is 5.97 Å². The molecule has 22 heavy (non-hydrogen) atoms. The van der Waals surface area contributed by atoms with Gasteiger partial charge in [0.15, 0.2) is 0 Å². The second-order valence-electron chi connectivity index (χ2n) is 5.81. The maximum absolute atomic E-state index is 10.6. The molecule has 126 valence electrons. The first kappa shape index (κ1) is 18.6. The molecular weight excluding hydrogens is 280 g/mol. The van der Waals surface area contributed by atoms with E-state index in [0.29, 0.717) is 12.6 Å². The predicted molar refractivity (Wildman–Crippen MR) is 87.6 cm³/mol. The van der Waals surface area contributed by atoms with Crippen LogP contribution in [0.5, 0.6) is 5.95 Å². The zero-order valence-electron chi connectivity index (χ0n) is 13.8. The number of hydrogen-bond donors (Lipinski definition) is 1. The third-order valence-corrected chi connectivity index (χ3v) is 3.78. The molecule has 0 bridgehead atoms. The molecule has 1 aromatic rings. The van der Waals surface area contributed by atoms with E-state index in [0.717, 1.165) is 12.8 Å². The van der Waals surface area contributed by atoms with Crippen LogP contribution in [0.4, 0.5) is 0 Å². The van der Waals surface area contributed by atoms with E-state index in [4.69, 9.17) is 14.3 Å². The Morgan fingerprint density at radius 2 is 1.50 bits per heavy atom. The van der Waals surface area contributed by atoms with Gasteiger partial charge in [-0.05, 0) is 12.5 Å². The van der Waals surface area contributed by atoms with Crippen molar-refractivity contribution in [2.24, 2.45) is 0 Å². The van der Waals surface area contributed by atoms with Crippen LogP contribution < -0.4 is 4.74 Å². The summed E-state index contributed by atoms with van der Waals surface area (Å²) in [5, 5.41) is 8.72. The first-order valence-electron chi connectivity index (χ1n) is 8.70. The van der Waals surface area contributed by atoms with Gasteiger partial charge in [0.1, 0.15) is 0 Å². The van der Waals surface area contributed by atoms with Crippen LogP contribution in [-0.4, -0.2) is 17.7 Å². The fraction of sp³-hybridized carbons (Fsp3) is 0.722. The number of carboxylic acids is 1. The average Bonchev–Trinajstić information content (AvgIpc) is 2.97. The van der Waals surface area contributed by atoms with Crippen LogP contribution in [0.2, 0.25) is 0 Å². The third-order valence-electron chi connectivity index (χ3n) is 3.78. The van der Waals surface area contributed by atoms with Gasteiger partial charge in [-0.1, -0.05) is 71.1 Å². The SMILES string of the molecule is CCCCCCCCCCCCCOc1ccc(C(=O)O)o1. The highest BCUT2D eigenvalue weighted by molar-refractivity contribution is 5.84. The van der Waals surface area contributed by atoms with E-state index < -0.39 is 5.97 Å². The molecule has 1 rings (SSSR count). The molecule has 4 heteroatoms. The van der Waals surface area contributed by atoms with Gasteiger partial charge in [-0.15, -0.1) is 0 Å². The van der Waals surface area contributed by atoms with Crippen LogP contribution in [0, 0.1) is 0 Å². The highest BCUT2D eigenvalue weighted by atomic mass is 16.6. The summed E-state index contributed by atoms with van der Waals surface area (Å²) in [7, 11) is 0. The molecule has 0 fully saturated rings. The summed E-state index contributed by atoms with van der Waals surface area (Å²) in [5.41, 5.74) is 0. The molecule has 0 aliphatic rings. The summed E-state index contributed by atoms with van der Waals surface area (Å²) in [4.78, 5) is 10.6. The van der Waals surface area contributed by atoms with E-state index in [1.807, 2.05) is 0 Å². The molecule has 0 unspecified atom stereocenters. The zero-order valence-corrected chi connectivity index (χ0v) is 13.8. The Kier molecular flexibility index (Phi) is 10.3. The van der Waals surface area contributed by atoms with Crippen molar-refractivity contribution in [3.63, 3.8) is 0 Å². The van der Waals surface area contributed by atoms with Gasteiger partial charge >= 0.3 is 5.97 Å². The molecule has 0 aliphatic heterocycles. The minimum absolute atomic E-state index is 0.0751. The van der Waals surface area contributed by atoms with Gasteiger partial charge < -0.3 is 14.3 Å². The van der Waals surface area contributed by atoms with Crippen LogP contribution in [0.25, 0.3) is 0 Å². The van der Waals surface area contributed by atoms with Gasteiger partial charge in [0.05, 0.1) is 6.61 Å². The van der Waals surface area contributed by atoms with Gasteiger partial charge in [-0.3, -0.25) is 0 Å². The van der Waals surface area contributed by atoms with Crippen molar-refractivity contribution in [1.82, 2.24) is 0 Å². The van der Waals surface area contributed by atoms with Crippen molar-refractivity contribution in [1.29, 1.82) is 0 Å². The molecule has 0 atom stereocenters. The highest BCUT2D eigenvalue weighted by Gasteiger charge is 2.09. The number of rotatable bonds is 14. The lowest BCUT2D eigenvalue weighted by Gasteiger charge is -2.03. The summed E-state index contributed by atoms with van der Waals surface area (Å²) in [6.45, 7) is 2.84. The Morgan fingerprint density at radius 1 is 0.955 bits per heavy atom. The Morgan fingerprint density at radius 3 is 2.00 bits per heavy atom. The molecule has 4 nitrogen and oxygen atoms in total. The monoisotopic (exact) mass is 310 g/mol. The van der Waals surface area contributed by atoms with Gasteiger partial charge in [0.25, 0.3) is 5.95 Å². The molecular formula is C18H30O4. The summed E-state index contributed by atoms with van der Waals surface area (Å²) in [5.74, 6) is -0.844. The van der Waals surface area contributed by atoms with Gasteiger partial charge in [-0.2, -0.15) is 0 Å². The summed E-state index contributed by atoms with van der Waals surface area (Å²) in [6, 6.07) is 2.97. The lowest BCUT2D eigenvalue weighted by atomic mass is 10.1. The van der Waals surface area contributed by atoms with Crippen LogP contribution in [0.1, 0.15) is 88.1 Å². The molecule has 1 N–H and O–H groups in total. The molecule has 0 aliphatic carbocycles. The topological polar surface area (TPSA) is 59.7 Å². The Bertz CT molecular complexity index is 398. The second-order valence-corrected chi connectivity index (χ2v) is 5.81. The zero-order chi connectivity index (χ0) is 16.0. The van der Waals surface area contributed by atoms with Crippen molar-refractivity contribution in [3.05, 3.63) is 17.9 Å². The molecule has 0 amide bonds. The van der Waals surface area contributed by atoms with Crippen molar-refractivity contribution < 1.29 is 19.1 Å². The summed E-state index contributed by atoms with van der Waals surface area (Å²) in [6.07, 6.45) is 14.3. The molecule has 0 saturated heterocycles. The smallest absolute Gasteiger partial charge is 0.371 e. The second kappa shape index (κ2) is 12.1. The normalized spacial score (nSPS) is 10.8. The predicted octanol–water partition coefficient (Wildman–Crippen LogP) is 5.67. The fourth-order valence-electron chi connectivity index (χ4n) is 2.45. The minimum atomic E-state index is -1.07. The van der Waals surface area contributed by atoms with Crippen molar-refractivity contribution in [2.45, 2.75) is 77.6 Å². The molecule has 0 spiro atoms. The van der Waals surface area contributed by atoms with Crippen LogP contribution in [0.15, 0.2) is 16.5 Å². The number of unbranched alkanes of at least 4 members (excludes halogenated alkanes) is 10. The molecule has 0 saturated carbocycles. The lowest BCUT2D eigenvalue weighted by Crippen LogP contribution is -1.96. The first-order chi connectivity index (χ1) is 10.7. The number of ether oxygens (including phenoxy) is 1. The average molecular weight is 310 g/mol. The van der Waals surface area contributed by atoms with Crippen LogP contribution in [0.3, 0.4) is 0 Å². The quantitative estimate of drug-likeness (QED) is 0.450. The maximum atomic E-state index is 10.6. The van der Waals surface area contributed by atoms with Gasteiger partial charge in [0, 0.05) is 6.07 Å².